The molecular weight excluding hydrogens is 483 g/mol. The number of benzene rings is 2. The van der Waals surface area contributed by atoms with E-state index in [-0.39, 0.29) is 0 Å². The third-order valence-corrected chi connectivity index (χ3v) is 7.38. The van der Waals surface area contributed by atoms with Crippen molar-refractivity contribution in [1.82, 2.24) is 9.80 Å². The Morgan fingerprint density at radius 3 is 2.67 bits per heavy atom. The SMILES string of the molecule is Ic1cccc(C2=c3ccc(OCCCN4CCCCC4)cc3=C3CCCN3C2)c1. The average molecular weight is 514 g/mol. The molecule has 3 heterocycles. The molecule has 3 aliphatic heterocycles. The van der Waals surface area contributed by atoms with E-state index in [1.54, 1.807) is 0 Å². The zero-order chi connectivity index (χ0) is 20.3. The molecule has 0 atom stereocenters. The van der Waals surface area contributed by atoms with E-state index in [0.29, 0.717) is 0 Å². The molecule has 2 fully saturated rings. The lowest BCUT2D eigenvalue weighted by molar-refractivity contribution is 0.205. The molecule has 158 valence electrons. The van der Waals surface area contributed by atoms with Gasteiger partial charge >= 0.3 is 0 Å². The summed E-state index contributed by atoms with van der Waals surface area (Å²) in [6.45, 7) is 6.71. The first-order valence-corrected chi connectivity index (χ1v) is 12.6. The molecule has 0 spiro atoms. The maximum atomic E-state index is 6.20. The molecule has 2 aromatic carbocycles. The zero-order valence-electron chi connectivity index (χ0n) is 17.7. The molecule has 5 rings (SSSR count). The molecule has 30 heavy (non-hydrogen) atoms. The van der Waals surface area contributed by atoms with Gasteiger partial charge < -0.3 is 14.5 Å². The molecule has 3 nitrogen and oxygen atoms in total. The fraction of sp³-hybridized carbons (Fsp3) is 0.462. The fourth-order valence-corrected chi connectivity index (χ4v) is 5.73. The number of hydrogen-bond donors (Lipinski definition) is 0. The van der Waals surface area contributed by atoms with Gasteiger partial charge in [0.15, 0.2) is 0 Å². The van der Waals surface area contributed by atoms with Gasteiger partial charge in [-0.25, -0.2) is 0 Å². The third-order valence-electron chi connectivity index (χ3n) is 6.71. The van der Waals surface area contributed by atoms with E-state index >= 15 is 0 Å². The van der Waals surface area contributed by atoms with Crippen molar-refractivity contribution in [2.45, 2.75) is 38.5 Å². The van der Waals surface area contributed by atoms with E-state index in [4.69, 9.17) is 4.74 Å². The van der Waals surface area contributed by atoms with Gasteiger partial charge in [0.1, 0.15) is 5.75 Å². The molecule has 0 aliphatic carbocycles. The predicted molar refractivity (Wildman–Crippen MR) is 132 cm³/mol. The summed E-state index contributed by atoms with van der Waals surface area (Å²) in [5.74, 6) is 1.02. The molecule has 0 amide bonds. The molecule has 2 aromatic rings. The van der Waals surface area contributed by atoms with Crippen LogP contribution in [0.1, 0.15) is 44.1 Å². The van der Waals surface area contributed by atoms with Crippen LogP contribution in [0.3, 0.4) is 0 Å². The highest BCUT2D eigenvalue weighted by Gasteiger charge is 2.24. The number of piperidine rings is 1. The van der Waals surface area contributed by atoms with Gasteiger partial charge in [0.25, 0.3) is 0 Å². The van der Waals surface area contributed by atoms with Crippen molar-refractivity contribution >= 4 is 33.9 Å². The minimum absolute atomic E-state index is 0.807. The van der Waals surface area contributed by atoms with Gasteiger partial charge in [0.05, 0.1) is 6.61 Å². The summed E-state index contributed by atoms with van der Waals surface area (Å²) in [5, 5.41) is 2.78. The Labute approximate surface area is 193 Å². The van der Waals surface area contributed by atoms with Crippen LogP contribution in [0, 0.1) is 3.57 Å². The first kappa shape index (κ1) is 20.4. The topological polar surface area (TPSA) is 15.7 Å². The summed E-state index contributed by atoms with van der Waals surface area (Å²) in [7, 11) is 0. The first-order chi connectivity index (χ1) is 14.8. The molecule has 0 radical (unpaired) electrons. The van der Waals surface area contributed by atoms with E-state index in [0.717, 1.165) is 25.3 Å². The fourth-order valence-electron chi connectivity index (χ4n) is 5.19. The van der Waals surface area contributed by atoms with Gasteiger partial charge in [-0.2, -0.15) is 0 Å². The lowest BCUT2D eigenvalue weighted by atomic mass is 9.97. The summed E-state index contributed by atoms with van der Waals surface area (Å²) in [4.78, 5) is 5.17. The maximum absolute atomic E-state index is 6.20. The van der Waals surface area contributed by atoms with Gasteiger partial charge in [0, 0.05) is 34.1 Å². The zero-order valence-corrected chi connectivity index (χ0v) is 19.9. The number of hydrogen-bond acceptors (Lipinski definition) is 3. The Morgan fingerprint density at radius 2 is 1.80 bits per heavy atom. The Morgan fingerprint density at radius 1 is 0.900 bits per heavy atom. The molecule has 0 saturated carbocycles. The number of nitrogens with zero attached hydrogens (tertiary/aromatic N) is 2. The van der Waals surface area contributed by atoms with Crippen LogP contribution in [0.2, 0.25) is 0 Å². The largest absolute Gasteiger partial charge is 0.494 e. The monoisotopic (exact) mass is 514 g/mol. The quantitative estimate of drug-likeness (QED) is 0.429. The highest BCUT2D eigenvalue weighted by atomic mass is 127. The van der Waals surface area contributed by atoms with E-state index in [9.17, 15) is 0 Å². The summed E-state index contributed by atoms with van der Waals surface area (Å²) in [5.41, 5.74) is 4.31. The molecular formula is C26H31IN2O. The van der Waals surface area contributed by atoms with Gasteiger partial charge in [0.2, 0.25) is 0 Å². The van der Waals surface area contributed by atoms with Crippen LogP contribution < -0.4 is 15.2 Å². The van der Waals surface area contributed by atoms with E-state index in [2.05, 4.69) is 74.9 Å². The van der Waals surface area contributed by atoms with E-state index in [1.165, 1.54) is 89.1 Å². The van der Waals surface area contributed by atoms with Crippen LogP contribution in [-0.4, -0.2) is 49.1 Å². The lowest BCUT2D eigenvalue weighted by Crippen LogP contribution is -2.41. The van der Waals surface area contributed by atoms with Crippen molar-refractivity contribution in [1.29, 1.82) is 0 Å². The lowest BCUT2D eigenvalue weighted by Gasteiger charge is -2.27. The molecule has 4 heteroatoms. The number of likely N-dealkylation sites (tertiary alicyclic amines) is 1. The van der Waals surface area contributed by atoms with Crippen molar-refractivity contribution < 1.29 is 4.74 Å². The molecule has 2 saturated heterocycles. The van der Waals surface area contributed by atoms with Gasteiger partial charge in [-0.15, -0.1) is 0 Å². The minimum atomic E-state index is 0.807. The third kappa shape index (κ3) is 4.40. The number of ether oxygens (including phenoxy) is 1. The standard InChI is InChI=1S/C26H31IN2O/c27-21-8-4-7-20(17-21)25-19-29-15-5-9-26(29)24-18-22(10-11-23(24)25)30-16-6-14-28-12-2-1-3-13-28/h4,7-8,10-11,17-18H,1-3,5-6,9,12-16,19H2. The normalized spacial score (nSPS) is 19.0. The molecule has 0 unspecified atom stereocenters. The summed E-state index contributed by atoms with van der Waals surface area (Å²) < 4.78 is 7.50. The van der Waals surface area contributed by atoms with Crippen molar-refractivity contribution in [2.24, 2.45) is 0 Å². The Kier molecular flexibility index (Phi) is 6.32. The van der Waals surface area contributed by atoms with Gasteiger partial charge in [-0.1, -0.05) is 24.6 Å². The van der Waals surface area contributed by atoms with Crippen LogP contribution in [0.15, 0.2) is 42.5 Å². The van der Waals surface area contributed by atoms with Crippen LogP contribution in [0.4, 0.5) is 0 Å². The van der Waals surface area contributed by atoms with Crippen molar-refractivity contribution in [3.63, 3.8) is 0 Å². The van der Waals surface area contributed by atoms with Crippen LogP contribution >= 0.6 is 22.6 Å². The number of rotatable bonds is 6. The van der Waals surface area contributed by atoms with Crippen LogP contribution in [0.25, 0.3) is 11.3 Å². The number of fused-ring (bicyclic) bond motifs is 2. The smallest absolute Gasteiger partial charge is 0.119 e. The van der Waals surface area contributed by atoms with Gasteiger partial charge in [-0.3, -0.25) is 0 Å². The highest BCUT2D eigenvalue weighted by molar-refractivity contribution is 14.1. The highest BCUT2D eigenvalue weighted by Crippen LogP contribution is 2.27. The second-order valence-corrected chi connectivity index (χ2v) is 10.0. The molecule has 0 bridgehead atoms. The second-order valence-electron chi connectivity index (χ2n) is 8.77. The second kappa shape index (κ2) is 9.31. The van der Waals surface area contributed by atoms with Crippen LogP contribution in [-0.2, 0) is 0 Å². The maximum Gasteiger partial charge on any atom is 0.119 e. The molecule has 0 aromatic heterocycles. The summed E-state index contributed by atoms with van der Waals surface area (Å²) in [6, 6.07) is 15.7. The average Bonchev–Trinajstić information content (AvgIpc) is 3.26. The van der Waals surface area contributed by atoms with Crippen molar-refractivity contribution in [2.75, 3.05) is 39.3 Å². The van der Waals surface area contributed by atoms with E-state index in [1.807, 2.05) is 0 Å². The van der Waals surface area contributed by atoms with Crippen LogP contribution in [0.5, 0.6) is 5.75 Å². The van der Waals surface area contributed by atoms with Gasteiger partial charge in [-0.05, 0) is 108 Å². The first-order valence-electron chi connectivity index (χ1n) is 11.5. The Balaban J connectivity index is 1.39. The Bertz CT molecular complexity index is 1030. The molecule has 0 N–H and O–H groups in total. The summed E-state index contributed by atoms with van der Waals surface area (Å²) in [6.07, 6.45) is 7.68. The number of halogens is 1. The summed E-state index contributed by atoms with van der Waals surface area (Å²) >= 11 is 2.42. The van der Waals surface area contributed by atoms with E-state index < -0.39 is 0 Å². The predicted octanol–water partition coefficient (Wildman–Crippen LogP) is 3.96. The van der Waals surface area contributed by atoms with Crippen molar-refractivity contribution in [3.05, 3.63) is 62.0 Å². The Hall–Kier alpha value is -1.53. The van der Waals surface area contributed by atoms with Crippen molar-refractivity contribution in [3.8, 4) is 5.75 Å². The molecule has 3 aliphatic rings. The minimum Gasteiger partial charge on any atom is -0.494 e.